The molecule has 0 aromatic heterocycles. The molecule has 0 radical (unpaired) electrons. The van der Waals surface area contributed by atoms with Crippen molar-refractivity contribution in [2.45, 2.75) is 65.0 Å². The van der Waals surface area contributed by atoms with Gasteiger partial charge in [-0.05, 0) is 19.9 Å². The molecule has 0 aromatic rings. The highest BCUT2D eigenvalue weighted by molar-refractivity contribution is 5.79. The van der Waals surface area contributed by atoms with Crippen LogP contribution in [0.2, 0.25) is 0 Å². The van der Waals surface area contributed by atoms with Crippen LogP contribution in [-0.2, 0) is 9.53 Å². The Hall–Kier alpha value is -0.610. The lowest BCUT2D eigenvalue weighted by molar-refractivity contribution is -0.122. The van der Waals surface area contributed by atoms with Gasteiger partial charge in [0.1, 0.15) is 6.04 Å². The third kappa shape index (κ3) is 9.12. The van der Waals surface area contributed by atoms with Gasteiger partial charge in [0.2, 0.25) is 5.91 Å². The lowest BCUT2D eigenvalue weighted by Gasteiger charge is -2.18. The molecular weight excluding hydrogens is 216 g/mol. The number of nitrogens with two attached hydrogens (primary N) is 1. The van der Waals surface area contributed by atoms with Crippen LogP contribution in [0.25, 0.3) is 0 Å². The largest absolute Gasteiger partial charge is 0.376 e. The van der Waals surface area contributed by atoms with Crippen molar-refractivity contribution < 1.29 is 9.53 Å². The highest BCUT2D eigenvalue weighted by atomic mass is 16.5. The van der Waals surface area contributed by atoms with E-state index in [0.717, 1.165) is 13.0 Å². The van der Waals surface area contributed by atoms with Gasteiger partial charge in [-0.2, -0.15) is 0 Å². The Kier molecular flexibility index (Phi) is 10.2. The first-order chi connectivity index (χ1) is 8.11. The summed E-state index contributed by atoms with van der Waals surface area (Å²) in [5.74, 6) is -0.343. The highest BCUT2D eigenvalue weighted by Gasteiger charge is 2.15. The Bertz CT molecular complexity index is 198. The van der Waals surface area contributed by atoms with Crippen LogP contribution >= 0.6 is 0 Å². The molecule has 102 valence electrons. The fourth-order valence-electron chi connectivity index (χ4n) is 1.69. The van der Waals surface area contributed by atoms with Gasteiger partial charge >= 0.3 is 0 Å². The van der Waals surface area contributed by atoms with Gasteiger partial charge < -0.3 is 15.8 Å². The molecular formula is C13H28N2O2. The summed E-state index contributed by atoms with van der Waals surface area (Å²) in [5, 5.41) is 3.01. The number of amides is 1. The van der Waals surface area contributed by atoms with Crippen molar-refractivity contribution in [2.24, 2.45) is 5.73 Å². The topological polar surface area (TPSA) is 64.3 Å². The van der Waals surface area contributed by atoms with Crippen LogP contribution < -0.4 is 11.1 Å². The Morgan fingerprint density at radius 2 is 2.00 bits per heavy atom. The number of unbranched alkanes of at least 4 members (excludes halogenated alkanes) is 3. The van der Waals surface area contributed by atoms with Crippen LogP contribution in [0.5, 0.6) is 0 Å². The highest BCUT2D eigenvalue weighted by Crippen LogP contribution is 2.08. The molecule has 0 bridgehead atoms. The summed E-state index contributed by atoms with van der Waals surface area (Å²) >= 11 is 0. The molecule has 4 nitrogen and oxygen atoms in total. The molecule has 0 heterocycles. The predicted octanol–water partition coefficient (Wildman–Crippen LogP) is 1.83. The van der Waals surface area contributed by atoms with Gasteiger partial charge in [0.05, 0.1) is 12.7 Å². The summed E-state index contributed by atoms with van der Waals surface area (Å²) in [6, 6.07) is -0.363. The van der Waals surface area contributed by atoms with Crippen molar-refractivity contribution in [3.05, 3.63) is 0 Å². The van der Waals surface area contributed by atoms with Crippen LogP contribution in [0.3, 0.4) is 0 Å². The molecule has 0 aliphatic carbocycles. The summed E-state index contributed by atoms with van der Waals surface area (Å²) < 4.78 is 5.63. The van der Waals surface area contributed by atoms with E-state index in [-0.39, 0.29) is 18.1 Å². The summed E-state index contributed by atoms with van der Waals surface area (Å²) in [6.07, 6.45) is 6.24. The summed E-state index contributed by atoms with van der Waals surface area (Å²) in [4.78, 5) is 11.1. The fourth-order valence-corrected chi connectivity index (χ4v) is 1.69. The average molecular weight is 244 g/mol. The number of nitrogens with one attached hydrogen (secondary N) is 1. The maximum Gasteiger partial charge on any atom is 0.236 e. The van der Waals surface area contributed by atoms with Crippen LogP contribution in [0, 0.1) is 0 Å². The van der Waals surface area contributed by atoms with Gasteiger partial charge in [-0.15, -0.1) is 0 Å². The molecule has 0 aromatic carbocycles. The van der Waals surface area contributed by atoms with Crippen LogP contribution in [-0.4, -0.2) is 31.2 Å². The smallest absolute Gasteiger partial charge is 0.236 e. The lowest BCUT2D eigenvalue weighted by atomic mass is 10.1. The van der Waals surface area contributed by atoms with E-state index in [1.54, 1.807) is 0 Å². The Morgan fingerprint density at radius 3 is 2.53 bits per heavy atom. The number of carbonyl (C=O) groups is 1. The Morgan fingerprint density at radius 1 is 1.29 bits per heavy atom. The van der Waals surface area contributed by atoms with Gasteiger partial charge in [0.25, 0.3) is 0 Å². The summed E-state index contributed by atoms with van der Waals surface area (Å²) in [5.41, 5.74) is 5.27. The van der Waals surface area contributed by atoms with Crippen molar-refractivity contribution in [2.75, 3.05) is 13.2 Å². The van der Waals surface area contributed by atoms with Crippen molar-refractivity contribution in [3.8, 4) is 0 Å². The van der Waals surface area contributed by atoms with Crippen molar-refractivity contribution in [1.82, 2.24) is 5.32 Å². The molecule has 0 rings (SSSR count). The molecule has 4 heteroatoms. The summed E-state index contributed by atoms with van der Waals surface area (Å²) in [6.45, 7) is 7.30. The third-order valence-electron chi connectivity index (χ3n) is 2.81. The first kappa shape index (κ1) is 16.4. The van der Waals surface area contributed by atoms with Crippen molar-refractivity contribution in [3.63, 3.8) is 0 Å². The number of hydrogen-bond acceptors (Lipinski definition) is 3. The number of rotatable bonds is 11. The zero-order chi connectivity index (χ0) is 13.1. The van der Waals surface area contributed by atoms with Gasteiger partial charge in [-0.1, -0.05) is 39.5 Å². The molecule has 17 heavy (non-hydrogen) atoms. The standard InChI is InChI=1S/C13H28N2O2/c1-4-6-7-8-9-11(3)17-10-12(13(14)16)15-5-2/h11-12,15H,4-10H2,1-3H3,(H2,14,16). The number of primary amides is 1. The molecule has 2 unspecified atom stereocenters. The molecule has 0 aliphatic rings. The first-order valence-electron chi connectivity index (χ1n) is 6.76. The van der Waals surface area contributed by atoms with E-state index >= 15 is 0 Å². The average Bonchev–Trinajstić information content (AvgIpc) is 2.29. The molecule has 1 amide bonds. The SMILES string of the molecule is CCCCCCC(C)OCC(NCC)C(N)=O. The molecule has 0 saturated carbocycles. The molecule has 0 fully saturated rings. The molecule has 0 aliphatic heterocycles. The predicted molar refractivity (Wildman–Crippen MR) is 70.8 cm³/mol. The zero-order valence-electron chi connectivity index (χ0n) is 11.5. The summed E-state index contributed by atoms with van der Waals surface area (Å²) in [7, 11) is 0. The van der Waals surface area contributed by atoms with Crippen molar-refractivity contribution in [1.29, 1.82) is 0 Å². The number of carbonyl (C=O) groups excluding carboxylic acids is 1. The maximum absolute atomic E-state index is 11.1. The first-order valence-corrected chi connectivity index (χ1v) is 6.76. The minimum Gasteiger partial charge on any atom is -0.376 e. The fraction of sp³-hybridized carbons (Fsp3) is 0.923. The van der Waals surface area contributed by atoms with E-state index in [1.165, 1.54) is 25.7 Å². The van der Waals surface area contributed by atoms with Crippen LogP contribution in [0.4, 0.5) is 0 Å². The monoisotopic (exact) mass is 244 g/mol. The van der Waals surface area contributed by atoms with Gasteiger partial charge in [0.15, 0.2) is 0 Å². The molecule has 3 N–H and O–H groups in total. The molecule has 0 spiro atoms. The van der Waals surface area contributed by atoms with E-state index in [9.17, 15) is 4.79 Å². The van der Waals surface area contributed by atoms with Gasteiger partial charge in [0, 0.05) is 0 Å². The second-order valence-electron chi connectivity index (χ2n) is 4.51. The van der Waals surface area contributed by atoms with E-state index in [4.69, 9.17) is 10.5 Å². The number of hydrogen-bond donors (Lipinski definition) is 2. The Labute approximate surface area is 105 Å². The van der Waals surface area contributed by atoms with Crippen LogP contribution in [0.1, 0.15) is 52.9 Å². The second-order valence-corrected chi connectivity index (χ2v) is 4.51. The molecule has 0 saturated heterocycles. The minimum absolute atomic E-state index is 0.201. The minimum atomic E-state index is -0.363. The van der Waals surface area contributed by atoms with Gasteiger partial charge in [-0.3, -0.25) is 4.79 Å². The van der Waals surface area contributed by atoms with Gasteiger partial charge in [-0.25, -0.2) is 0 Å². The maximum atomic E-state index is 11.1. The number of ether oxygens (including phenoxy) is 1. The zero-order valence-corrected chi connectivity index (χ0v) is 11.5. The second kappa shape index (κ2) is 10.5. The van der Waals surface area contributed by atoms with Crippen molar-refractivity contribution >= 4 is 5.91 Å². The number of likely N-dealkylation sites (N-methyl/N-ethyl adjacent to an activating group) is 1. The third-order valence-corrected chi connectivity index (χ3v) is 2.81. The normalized spacial score (nSPS) is 14.5. The van der Waals surface area contributed by atoms with E-state index in [0.29, 0.717) is 6.61 Å². The van der Waals surface area contributed by atoms with E-state index in [2.05, 4.69) is 19.2 Å². The molecule has 2 atom stereocenters. The lowest BCUT2D eigenvalue weighted by Crippen LogP contribution is -2.45. The Balaban J connectivity index is 3.65. The van der Waals surface area contributed by atoms with Crippen LogP contribution in [0.15, 0.2) is 0 Å². The van der Waals surface area contributed by atoms with E-state index < -0.39 is 0 Å². The van der Waals surface area contributed by atoms with E-state index in [1.807, 2.05) is 6.92 Å². The quantitative estimate of drug-likeness (QED) is 0.545.